The molecule has 0 radical (unpaired) electrons. The summed E-state index contributed by atoms with van der Waals surface area (Å²) in [5, 5.41) is 10.4. The number of hydrogen-bond acceptors (Lipinski definition) is 2. The van der Waals surface area contributed by atoms with E-state index in [2.05, 4.69) is 24.1 Å². The van der Waals surface area contributed by atoms with Gasteiger partial charge in [0.15, 0.2) is 0 Å². The molecule has 0 spiro atoms. The summed E-state index contributed by atoms with van der Waals surface area (Å²) in [6.07, 6.45) is 27.9. The van der Waals surface area contributed by atoms with Crippen molar-refractivity contribution in [3.63, 3.8) is 0 Å². The molecule has 0 aliphatic carbocycles. The summed E-state index contributed by atoms with van der Waals surface area (Å²) < 4.78 is 1.75. The van der Waals surface area contributed by atoms with Crippen molar-refractivity contribution >= 4 is 0 Å². The van der Waals surface area contributed by atoms with Crippen LogP contribution in [-0.4, -0.2) is 14.7 Å². The first kappa shape index (κ1) is 22.0. The van der Waals surface area contributed by atoms with Gasteiger partial charge in [0, 0.05) is 18.8 Å². The van der Waals surface area contributed by atoms with Gasteiger partial charge in [0.05, 0.1) is 6.33 Å². The molecule has 1 aromatic rings. The van der Waals surface area contributed by atoms with E-state index in [4.69, 9.17) is 0 Å². The second-order valence-electron chi connectivity index (χ2n) is 7.54. The maximum absolute atomic E-state index is 10.4. The molecular formula is C22H40N2O. The molecule has 1 rings (SSSR count). The van der Waals surface area contributed by atoms with Gasteiger partial charge in [0.2, 0.25) is 0 Å². The fourth-order valence-corrected chi connectivity index (χ4v) is 3.18. The Bertz CT molecular complexity index is 423. The zero-order valence-electron chi connectivity index (χ0n) is 16.6. The highest BCUT2D eigenvalue weighted by atomic mass is 16.3. The van der Waals surface area contributed by atoms with Crippen molar-refractivity contribution in [2.45, 2.75) is 109 Å². The van der Waals surface area contributed by atoms with Gasteiger partial charge in [-0.2, -0.15) is 0 Å². The van der Waals surface area contributed by atoms with E-state index in [0.717, 1.165) is 6.42 Å². The molecule has 0 aromatic carbocycles. The van der Waals surface area contributed by atoms with Crippen molar-refractivity contribution in [3.8, 4) is 0 Å². The summed E-state index contributed by atoms with van der Waals surface area (Å²) in [6, 6.07) is 0. The van der Waals surface area contributed by atoms with Crippen LogP contribution in [0.5, 0.6) is 0 Å². The van der Waals surface area contributed by atoms with Crippen molar-refractivity contribution < 1.29 is 5.11 Å². The van der Waals surface area contributed by atoms with Gasteiger partial charge >= 0.3 is 0 Å². The molecule has 0 saturated carbocycles. The third-order valence-electron chi connectivity index (χ3n) is 4.96. The molecule has 0 aliphatic heterocycles. The molecule has 1 N–H and O–H groups in total. The number of imidazole rings is 1. The lowest BCUT2D eigenvalue weighted by Crippen LogP contribution is -2.27. The topological polar surface area (TPSA) is 38.0 Å². The van der Waals surface area contributed by atoms with Gasteiger partial charge in [-0.25, -0.2) is 4.98 Å². The van der Waals surface area contributed by atoms with Gasteiger partial charge < -0.3 is 9.67 Å². The highest BCUT2D eigenvalue weighted by molar-refractivity contribution is 4.90. The van der Waals surface area contributed by atoms with Gasteiger partial charge in [-0.05, 0) is 19.8 Å². The third kappa shape index (κ3) is 11.2. The molecule has 1 atom stereocenters. The summed E-state index contributed by atoms with van der Waals surface area (Å²) >= 11 is 0. The second kappa shape index (κ2) is 14.1. The van der Waals surface area contributed by atoms with Crippen LogP contribution in [0.1, 0.15) is 104 Å². The number of aliphatic hydroxyl groups is 1. The van der Waals surface area contributed by atoms with Crippen molar-refractivity contribution in [2.24, 2.45) is 0 Å². The first-order chi connectivity index (χ1) is 12.2. The largest absolute Gasteiger partial charge is 0.370 e. The number of aromatic nitrogens is 2. The molecule has 1 unspecified atom stereocenters. The molecule has 1 aromatic heterocycles. The first-order valence-corrected chi connectivity index (χ1v) is 10.5. The van der Waals surface area contributed by atoms with Gasteiger partial charge in [0.1, 0.15) is 5.72 Å². The Kier molecular flexibility index (Phi) is 12.4. The average Bonchev–Trinajstić information content (AvgIpc) is 3.14. The van der Waals surface area contributed by atoms with E-state index in [1.807, 2.05) is 6.92 Å². The van der Waals surface area contributed by atoms with Crippen LogP contribution in [0.4, 0.5) is 0 Å². The highest BCUT2D eigenvalue weighted by Gasteiger charge is 2.19. The van der Waals surface area contributed by atoms with E-state index in [0.29, 0.717) is 6.42 Å². The molecule has 1 heterocycles. The smallest absolute Gasteiger partial charge is 0.143 e. The standard InChI is InChI=1S/C22H40N2O/c1-3-4-5-6-7-8-9-10-11-12-13-14-15-16-17-18-22(2,25)24-20-19-23-21-24/h16-17,19-21,25H,3-15,18H2,1-2H3/b17-16+. The van der Waals surface area contributed by atoms with Crippen LogP contribution in [0, 0.1) is 0 Å². The Morgan fingerprint density at radius 2 is 1.44 bits per heavy atom. The Balaban J connectivity index is 1.87. The predicted molar refractivity (Wildman–Crippen MR) is 108 cm³/mol. The summed E-state index contributed by atoms with van der Waals surface area (Å²) in [6.45, 7) is 4.10. The van der Waals surface area contributed by atoms with Crippen LogP contribution in [0.2, 0.25) is 0 Å². The normalized spacial score (nSPS) is 14.2. The molecule has 0 amide bonds. The summed E-state index contributed by atoms with van der Waals surface area (Å²) in [5.41, 5.74) is -0.871. The van der Waals surface area contributed by atoms with Crippen molar-refractivity contribution in [1.82, 2.24) is 9.55 Å². The summed E-state index contributed by atoms with van der Waals surface area (Å²) in [5.74, 6) is 0. The zero-order valence-corrected chi connectivity index (χ0v) is 16.6. The molecular weight excluding hydrogens is 308 g/mol. The molecule has 0 fully saturated rings. The Hall–Kier alpha value is -1.09. The van der Waals surface area contributed by atoms with Crippen LogP contribution in [0.15, 0.2) is 30.9 Å². The number of nitrogens with zero attached hydrogens (tertiary/aromatic N) is 2. The minimum Gasteiger partial charge on any atom is -0.370 e. The van der Waals surface area contributed by atoms with Crippen LogP contribution in [0.25, 0.3) is 0 Å². The summed E-state index contributed by atoms with van der Waals surface area (Å²) in [7, 11) is 0. The fourth-order valence-electron chi connectivity index (χ4n) is 3.18. The third-order valence-corrected chi connectivity index (χ3v) is 4.96. The van der Waals surface area contributed by atoms with Gasteiger partial charge in [-0.15, -0.1) is 0 Å². The number of hydrogen-bond donors (Lipinski definition) is 1. The molecule has 3 heteroatoms. The molecule has 144 valence electrons. The van der Waals surface area contributed by atoms with E-state index in [1.165, 1.54) is 77.0 Å². The van der Waals surface area contributed by atoms with Gasteiger partial charge in [-0.1, -0.05) is 89.7 Å². The number of allylic oxidation sites excluding steroid dienone is 1. The molecule has 0 bridgehead atoms. The molecule has 25 heavy (non-hydrogen) atoms. The minimum atomic E-state index is -0.871. The van der Waals surface area contributed by atoms with Crippen molar-refractivity contribution in [3.05, 3.63) is 30.9 Å². The van der Waals surface area contributed by atoms with Crippen LogP contribution < -0.4 is 0 Å². The Morgan fingerprint density at radius 3 is 1.96 bits per heavy atom. The molecule has 0 saturated heterocycles. The van der Waals surface area contributed by atoms with Crippen molar-refractivity contribution in [1.29, 1.82) is 0 Å². The lowest BCUT2D eigenvalue weighted by atomic mass is 10.0. The predicted octanol–water partition coefficient (Wildman–Crippen LogP) is 6.59. The molecule has 3 nitrogen and oxygen atoms in total. The Labute approximate surface area is 155 Å². The average molecular weight is 349 g/mol. The first-order valence-electron chi connectivity index (χ1n) is 10.5. The van der Waals surface area contributed by atoms with Crippen molar-refractivity contribution in [2.75, 3.05) is 0 Å². The van der Waals surface area contributed by atoms with Crippen LogP contribution in [0.3, 0.4) is 0 Å². The monoisotopic (exact) mass is 348 g/mol. The quantitative estimate of drug-likeness (QED) is 0.270. The van der Waals surface area contributed by atoms with Crippen LogP contribution in [-0.2, 0) is 5.72 Å². The zero-order chi connectivity index (χ0) is 18.2. The number of rotatable bonds is 16. The highest BCUT2D eigenvalue weighted by Crippen LogP contribution is 2.17. The van der Waals surface area contributed by atoms with Gasteiger partial charge in [-0.3, -0.25) is 0 Å². The maximum Gasteiger partial charge on any atom is 0.143 e. The van der Waals surface area contributed by atoms with E-state index >= 15 is 0 Å². The summed E-state index contributed by atoms with van der Waals surface area (Å²) in [4.78, 5) is 3.99. The van der Waals surface area contributed by atoms with E-state index in [1.54, 1.807) is 23.3 Å². The van der Waals surface area contributed by atoms with Crippen LogP contribution >= 0.6 is 0 Å². The Morgan fingerprint density at radius 1 is 0.880 bits per heavy atom. The van der Waals surface area contributed by atoms with E-state index in [-0.39, 0.29) is 0 Å². The van der Waals surface area contributed by atoms with E-state index in [9.17, 15) is 5.11 Å². The number of unbranched alkanes of at least 4 members (excludes halogenated alkanes) is 12. The lowest BCUT2D eigenvalue weighted by molar-refractivity contribution is -0.0154. The maximum atomic E-state index is 10.4. The second-order valence-corrected chi connectivity index (χ2v) is 7.54. The van der Waals surface area contributed by atoms with Gasteiger partial charge in [0.25, 0.3) is 0 Å². The van der Waals surface area contributed by atoms with E-state index < -0.39 is 5.72 Å². The minimum absolute atomic E-state index is 0.627. The molecule has 0 aliphatic rings. The SMILES string of the molecule is CCCCCCCCCCCCCC/C=C/CC(C)(O)n1ccnc1. The fraction of sp³-hybridized carbons (Fsp3) is 0.773. The lowest BCUT2D eigenvalue weighted by Gasteiger charge is -2.23.